The molecule has 5 nitrogen and oxygen atoms in total. The lowest BCUT2D eigenvalue weighted by Crippen LogP contribution is -2.32. The van der Waals surface area contributed by atoms with Crippen LogP contribution in [-0.4, -0.2) is 21.5 Å². The highest BCUT2D eigenvalue weighted by Gasteiger charge is 2.16. The third-order valence-electron chi connectivity index (χ3n) is 3.88. The van der Waals surface area contributed by atoms with Crippen molar-refractivity contribution >= 4 is 6.09 Å². The van der Waals surface area contributed by atoms with Crippen molar-refractivity contribution in [3.63, 3.8) is 0 Å². The number of benzene rings is 2. The number of ether oxygens (including phenoxy) is 1. The number of nitrogens with one attached hydrogen (secondary N) is 1. The molecule has 1 amide bonds. The normalized spacial score (nSPS) is 11.4. The molecule has 0 atom stereocenters. The zero-order valence-corrected chi connectivity index (χ0v) is 16.2. The first-order valence-corrected chi connectivity index (χ1v) is 8.87. The summed E-state index contributed by atoms with van der Waals surface area (Å²) in [6.07, 6.45) is 2.46. The lowest BCUT2D eigenvalue weighted by atomic mass is 10.1. The van der Waals surface area contributed by atoms with Gasteiger partial charge in [-0.2, -0.15) is 5.10 Å². The predicted molar refractivity (Wildman–Crippen MR) is 102 cm³/mol. The first kappa shape index (κ1) is 20.4. The van der Waals surface area contributed by atoms with Gasteiger partial charge in [0.1, 0.15) is 11.4 Å². The number of rotatable bonds is 4. The van der Waals surface area contributed by atoms with Gasteiger partial charge in [-0.3, -0.25) is 0 Å². The van der Waals surface area contributed by atoms with Gasteiger partial charge < -0.3 is 10.1 Å². The van der Waals surface area contributed by atoms with Gasteiger partial charge in [0.05, 0.1) is 11.9 Å². The number of nitrogens with zero attached hydrogens (tertiary/aromatic N) is 2. The van der Waals surface area contributed by atoms with Crippen molar-refractivity contribution in [3.05, 3.63) is 71.8 Å². The second-order valence-electron chi connectivity index (χ2n) is 7.48. The van der Waals surface area contributed by atoms with Crippen LogP contribution >= 0.6 is 0 Å². The summed E-state index contributed by atoms with van der Waals surface area (Å²) in [6, 6.07) is 7.75. The molecule has 0 fully saturated rings. The summed E-state index contributed by atoms with van der Waals surface area (Å²) >= 11 is 0. The predicted octanol–water partition coefficient (Wildman–Crippen LogP) is 4.98. The van der Waals surface area contributed by atoms with Crippen molar-refractivity contribution < 1.29 is 22.7 Å². The zero-order valence-electron chi connectivity index (χ0n) is 16.2. The maximum Gasteiger partial charge on any atom is 0.407 e. The molecule has 0 saturated heterocycles. The Morgan fingerprint density at radius 3 is 2.52 bits per heavy atom. The Labute approximate surface area is 166 Å². The third-order valence-corrected chi connectivity index (χ3v) is 3.88. The van der Waals surface area contributed by atoms with Crippen molar-refractivity contribution in [2.24, 2.45) is 0 Å². The first-order chi connectivity index (χ1) is 13.6. The number of carbonyl (C=O) groups is 1. The average molecular weight is 403 g/mol. The lowest BCUT2D eigenvalue weighted by molar-refractivity contribution is 0.0523. The van der Waals surface area contributed by atoms with Gasteiger partial charge in [0.15, 0.2) is 11.6 Å². The van der Waals surface area contributed by atoms with Crippen LogP contribution in [0.3, 0.4) is 0 Å². The van der Waals surface area contributed by atoms with Crippen LogP contribution in [0.2, 0.25) is 0 Å². The van der Waals surface area contributed by atoms with Gasteiger partial charge in [-0.15, -0.1) is 0 Å². The van der Waals surface area contributed by atoms with E-state index >= 15 is 0 Å². The highest BCUT2D eigenvalue weighted by Crippen LogP contribution is 2.23. The molecule has 8 heteroatoms. The molecule has 0 bridgehead atoms. The van der Waals surface area contributed by atoms with E-state index in [-0.39, 0.29) is 6.54 Å². The maximum absolute atomic E-state index is 14.1. The molecule has 3 aromatic rings. The topological polar surface area (TPSA) is 56.1 Å². The Kier molecular flexibility index (Phi) is 5.63. The molecule has 0 aliphatic heterocycles. The number of aromatic nitrogens is 2. The minimum atomic E-state index is -0.985. The fourth-order valence-electron chi connectivity index (χ4n) is 2.65. The van der Waals surface area contributed by atoms with Crippen molar-refractivity contribution in [2.45, 2.75) is 32.9 Å². The summed E-state index contributed by atoms with van der Waals surface area (Å²) in [5.41, 5.74) is 1.34. The van der Waals surface area contributed by atoms with E-state index < -0.39 is 29.1 Å². The minimum absolute atomic E-state index is 0.0803. The molecule has 152 valence electrons. The highest BCUT2D eigenvalue weighted by molar-refractivity contribution is 5.68. The summed E-state index contributed by atoms with van der Waals surface area (Å²) in [6.45, 7) is 5.32. The summed E-state index contributed by atoms with van der Waals surface area (Å²) in [7, 11) is 0. The summed E-state index contributed by atoms with van der Waals surface area (Å²) in [5, 5.41) is 6.70. The molecule has 1 aromatic heterocycles. The zero-order chi connectivity index (χ0) is 21.2. The van der Waals surface area contributed by atoms with Crippen molar-refractivity contribution in [1.29, 1.82) is 0 Å². The van der Waals surface area contributed by atoms with Crippen LogP contribution in [0.5, 0.6) is 0 Å². The van der Waals surface area contributed by atoms with Crippen LogP contribution in [0.1, 0.15) is 26.3 Å². The van der Waals surface area contributed by atoms with Crippen LogP contribution in [0, 0.1) is 17.5 Å². The molecule has 3 rings (SSSR count). The summed E-state index contributed by atoms with van der Waals surface area (Å²) < 4.78 is 47.1. The van der Waals surface area contributed by atoms with Crippen LogP contribution in [0.15, 0.2) is 48.8 Å². The largest absolute Gasteiger partial charge is 0.444 e. The second-order valence-corrected chi connectivity index (χ2v) is 7.48. The fraction of sp³-hybridized carbons (Fsp3) is 0.238. The molecule has 0 radical (unpaired) electrons. The van der Waals surface area contributed by atoms with Crippen LogP contribution < -0.4 is 5.32 Å². The van der Waals surface area contributed by atoms with Gasteiger partial charge in [0.25, 0.3) is 0 Å². The van der Waals surface area contributed by atoms with E-state index in [2.05, 4.69) is 10.4 Å². The molecule has 0 saturated carbocycles. The molecule has 0 aliphatic carbocycles. The van der Waals surface area contributed by atoms with Crippen molar-refractivity contribution in [1.82, 2.24) is 15.1 Å². The molecule has 0 aliphatic rings. The lowest BCUT2D eigenvalue weighted by Gasteiger charge is -2.19. The van der Waals surface area contributed by atoms with E-state index in [1.807, 2.05) is 0 Å². The third kappa shape index (κ3) is 5.37. The molecule has 0 spiro atoms. The standard InChI is InChI=1S/C21H20F3N3O2/c1-21(2,3)29-20(28)25-10-13-6-14(8-16(22)7-13)15-11-26-27(12-15)17-4-5-18(23)19(24)9-17/h4-9,11-12H,10H2,1-3H3,(H,25,28). The molecule has 0 unspecified atom stereocenters. The molecular formula is C21H20F3N3O2. The first-order valence-electron chi connectivity index (χ1n) is 8.87. The number of alkyl carbamates (subject to hydrolysis) is 1. The van der Waals surface area contributed by atoms with Crippen LogP contribution in [0.25, 0.3) is 16.8 Å². The Morgan fingerprint density at radius 2 is 1.83 bits per heavy atom. The number of hydrogen-bond acceptors (Lipinski definition) is 3. The summed E-state index contributed by atoms with van der Waals surface area (Å²) in [4.78, 5) is 11.8. The number of halogens is 3. The van der Waals surface area contributed by atoms with Gasteiger partial charge in [0, 0.05) is 24.4 Å². The smallest absolute Gasteiger partial charge is 0.407 e. The molecule has 1 heterocycles. The van der Waals surface area contributed by atoms with Gasteiger partial charge in [-0.1, -0.05) is 0 Å². The van der Waals surface area contributed by atoms with Gasteiger partial charge in [-0.05, 0) is 62.2 Å². The Morgan fingerprint density at radius 1 is 1.07 bits per heavy atom. The SMILES string of the molecule is CC(C)(C)OC(=O)NCc1cc(F)cc(-c2cnn(-c3ccc(F)c(F)c3)c2)c1. The Balaban J connectivity index is 1.78. The highest BCUT2D eigenvalue weighted by atomic mass is 19.2. The van der Waals surface area contributed by atoms with Gasteiger partial charge in [0.2, 0.25) is 0 Å². The second kappa shape index (κ2) is 7.98. The van der Waals surface area contributed by atoms with E-state index in [9.17, 15) is 18.0 Å². The van der Waals surface area contributed by atoms with E-state index in [1.54, 1.807) is 33.0 Å². The maximum atomic E-state index is 14.1. The quantitative estimate of drug-likeness (QED) is 0.668. The van der Waals surface area contributed by atoms with Crippen LogP contribution in [-0.2, 0) is 11.3 Å². The van der Waals surface area contributed by atoms with Gasteiger partial charge in [-0.25, -0.2) is 22.6 Å². The van der Waals surface area contributed by atoms with E-state index in [0.29, 0.717) is 22.4 Å². The van der Waals surface area contributed by atoms with Crippen molar-refractivity contribution in [2.75, 3.05) is 0 Å². The van der Waals surface area contributed by atoms with Crippen molar-refractivity contribution in [3.8, 4) is 16.8 Å². The van der Waals surface area contributed by atoms with E-state index in [4.69, 9.17) is 4.74 Å². The van der Waals surface area contributed by atoms with Crippen LogP contribution in [0.4, 0.5) is 18.0 Å². The number of hydrogen-bond donors (Lipinski definition) is 1. The van der Waals surface area contributed by atoms with E-state index in [1.165, 1.54) is 29.1 Å². The average Bonchev–Trinajstić information content (AvgIpc) is 3.11. The fourth-order valence-corrected chi connectivity index (χ4v) is 2.65. The molecule has 1 N–H and O–H groups in total. The molecule has 2 aromatic carbocycles. The van der Waals surface area contributed by atoms with Gasteiger partial charge >= 0.3 is 6.09 Å². The molecule has 29 heavy (non-hydrogen) atoms. The Bertz CT molecular complexity index is 1040. The summed E-state index contributed by atoms with van der Waals surface area (Å²) in [5.74, 6) is -2.42. The monoisotopic (exact) mass is 403 g/mol. The molecular weight excluding hydrogens is 383 g/mol. The minimum Gasteiger partial charge on any atom is -0.444 e. The number of amides is 1. The van der Waals surface area contributed by atoms with E-state index in [0.717, 1.165) is 12.1 Å². The Hall–Kier alpha value is -3.29. The number of carbonyl (C=O) groups excluding carboxylic acids is 1.